The summed E-state index contributed by atoms with van der Waals surface area (Å²) in [5.74, 6) is 0.0678. The molecule has 2 heterocycles. The van der Waals surface area contributed by atoms with Gasteiger partial charge in [0.15, 0.2) is 0 Å². The van der Waals surface area contributed by atoms with Gasteiger partial charge in [0, 0.05) is 25.2 Å². The highest BCUT2D eigenvalue weighted by atomic mass is 16.3. The van der Waals surface area contributed by atoms with E-state index < -0.39 is 0 Å². The first-order valence-electron chi connectivity index (χ1n) is 6.85. The van der Waals surface area contributed by atoms with E-state index in [1.165, 1.54) is 17.1 Å². The lowest BCUT2D eigenvalue weighted by Crippen LogP contribution is -2.29. The van der Waals surface area contributed by atoms with Crippen LogP contribution in [0.4, 0.5) is 5.69 Å². The van der Waals surface area contributed by atoms with E-state index in [-0.39, 0.29) is 17.5 Å². The molecule has 2 aromatic rings. The molecule has 1 saturated heterocycles. The topological polar surface area (TPSA) is 68.9 Å². The molecule has 5 nitrogen and oxygen atoms in total. The molecule has 0 radical (unpaired) electrons. The minimum Gasteiger partial charge on any atom is -0.508 e. The van der Waals surface area contributed by atoms with Gasteiger partial charge in [-0.15, -0.1) is 0 Å². The second-order valence-electron chi connectivity index (χ2n) is 5.11. The number of aromatic hydroxyl groups is 3. The van der Waals surface area contributed by atoms with Crippen LogP contribution in [-0.4, -0.2) is 33.0 Å². The van der Waals surface area contributed by atoms with Gasteiger partial charge in [0.2, 0.25) is 11.8 Å². The zero-order valence-electron chi connectivity index (χ0n) is 11.2. The number of phenolic OH excluding ortho intramolecular Hbond substituents is 1. The summed E-state index contributed by atoms with van der Waals surface area (Å²) in [7, 11) is 0. The van der Waals surface area contributed by atoms with Crippen molar-refractivity contribution >= 4 is 5.69 Å². The Labute approximate surface area is 117 Å². The van der Waals surface area contributed by atoms with Crippen molar-refractivity contribution in [2.75, 3.05) is 18.0 Å². The third-order valence-corrected chi connectivity index (χ3v) is 3.72. The summed E-state index contributed by atoms with van der Waals surface area (Å²) in [5.41, 5.74) is 1.17. The van der Waals surface area contributed by atoms with Gasteiger partial charge in [-0.1, -0.05) is 6.07 Å². The lowest BCUT2D eigenvalue weighted by Gasteiger charge is -2.27. The van der Waals surface area contributed by atoms with Crippen LogP contribution in [0.3, 0.4) is 0 Å². The minimum absolute atomic E-state index is 0.00926. The van der Waals surface area contributed by atoms with Gasteiger partial charge in [0.25, 0.3) is 0 Å². The molecule has 0 amide bonds. The van der Waals surface area contributed by atoms with Crippen LogP contribution >= 0.6 is 0 Å². The van der Waals surface area contributed by atoms with Crippen molar-refractivity contribution in [3.8, 4) is 23.2 Å². The van der Waals surface area contributed by atoms with Crippen LogP contribution in [0.25, 0.3) is 5.69 Å². The quantitative estimate of drug-likeness (QED) is 0.787. The number of benzene rings is 1. The summed E-state index contributed by atoms with van der Waals surface area (Å²) in [4.78, 5) is 2.08. The van der Waals surface area contributed by atoms with Crippen molar-refractivity contribution in [2.24, 2.45) is 0 Å². The average molecular weight is 274 g/mol. The molecule has 1 fully saturated rings. The molecule has 106 valence electrons. The van der Waals surface area contributed by atoms with Crippen LogP contribution < -0.4 is 4.90 Å². The summed E-state index contributed by atoms with van der Waals surface area (Å²) in [5, 5.41) is 30.0. The molecule has 0 aliphatic carbocycles. The fourth-order valence-electron chi connectivity index (χ4n) is 2.73. The first-order valence-corrected chi connectivity index (χ1v) is 6.85. The number of piperidine rings is 1. The number of aromatic nitrogens is 1. The molecule has 5 heteroatoms. The van der Waals surface area contributed by atoms with E-state index in [0.29, 0.717) is 11.4 Å². The smallest absolute Gasteiger partial charge is 0.223 e. The molecule has 3 rings (SSSR count). The predicted molar refractivity (Wildman–Crippen MR) is 76.8 cm³/mol. The average Bonchev–Trinajstić information content (AvgIpc) is 2.75. The van der Waals surface area contributed by atoms with Gasteiger partial charge in [-0.05, 0) is 31.4 Å². The van der Waals surface area contributed by atoms with Gasteiger partial charge in [-0.25, -0.2) is 4.57 Å². The molecule has 1 aromatic carbocycles. The Bertz CT molecular complexity index is 616. The number of anilines is 1. The Hall–Kier alpha value is -2.30. The molecule has 20 heavy (non-hydrogen) atoms. The molecular weight excluding hydrogens is 256 g/mol. The van der Waals surface area contributed by atoms with E-state index in [0.717, 1.165) is 25.9 Å². The van der Waals surface area contributed by atoms with Crippen molar-refractivity contribution in [1.29, 1.82) is 0 Å². The summed E-state index contributed by atoms with van der Waals surface area (Å²) in [6.45, 7) is 1.77. The molecule has 0 unspecified atom stereocenters. The first kappa shape index (κ1) is 12.7. The lowest BCUT2D eigenvalue weighted by atomic mass is 10.1. The molecule has 0 saturated carbocycles. The summed E-state index contributed by atoms with van der Waals surface area (Å²) in [6.07, 6.45) is 3.39. The Kier molecular flexibility index (Phi) is 3.18. The van der Waals surface area contributed by atoms with Crippen molar-refractivity contribution in [2.45, 2.75) is 19.3 Å². The zero-order valence-corrected chi connectivity index (χ0v) is 11.2. The molecule has 3 N–H and O–H groups in total. The molecular formula is C15H18N2O3. The second-order valence-corrected chi connectivity index (χ2v) is 5.11. The van der Waals surface area contributed by atoms with Crippen LogP contribution in [0.1, 0.15) is 19.3 Å². The predicted octanol–water partition coefficient (Wildman–Crippen LogP) is 2.58. The van der Waals surface area contributed by atoms with Crippen LogP contribution in [-0.2, 0) is 0 Å². The maximum absolute atomic E-state index is 10.4. The van der Waals surface area contributed by atoms with Crippen LogP contribution in [0.15, 0.2) is 30.3 Å². The highest BCUT2D eigenvalue weighted by Crippen LogP contribution is 2.39. The van der Waals surface area contributed by atoms with Gasteiger partial charge in [0.1, 0.15) is 11.4 Å². The fourth-order valence-corrected chi connectivity index (χ4v) is 2.73. The highest BCUT2D eigenvalue weighted by molar-refractivity contribution is 5.63. The van der Waals surface area contributed by atoms with E-state index in [9.17, 15) is 15.3 Å². The third kappa shape index (κ3) is 2.15. The van der Waals surface area contributed by atoms with E-state index >= 15 is 0 Å². The van der Waals surface area contributed by atoms with Gasteiger partial charge in [-0.3, -0.25) is 0 Å². The maximum Gasteiger partial charge on any atom is 0.223 e. The summed E-state index contributed by atoms with van der Waals surface area (Å²) >= 11 is 0. The van der Waals surface area contributed by atoms with E-state index in [4.69, 9.17) is 0 Å². The van der Waals surface area contributed by atoms with E-state index in [1.54, 1.807) is 24.3 Å². The Balaban J connectivity index is 2.02. The Morgan fingerprint density at radius 2 is 1.65 bits per heavy atom. The zero-order chi connectivity index (χ0) is 14.1. The summed E-state index contributed by atoms with van der Waals surface area (Å²) < 4.78 is 1.34. The SMILES string of the molecule is Oc1cccc(-n2c(O)cc(N3CCCCC3)c2O)c1. The second kappa shape index (κ2) is 5.00. The van der Waals surface area contributed by atoms with Crippen molar-refractivity contribution < 1.29 is 15.3 Å². The van der Waals surface area contributed by atoms with Gasteiger partial charge >= 0.3 is 0 Å². The maximum atomic E-state index is 10.4. The van der Waals surface area contributed by atoms with Crippen LogP contribution in [0, 0.1) is 0 Å². The number of phenols is 1. The van der Waals surface area contributed by atoms with Crippen LogP contribution in [0.5, 0.6) is 17.5 Å². The van der Waals surface area contributed by atoms with Crippen molar-refractivity contribution in [3.63, 3.8) is 0 Å². The third-order valence-electron chi connectivity index (χ3n) is 3.72. The standard InChI is InChI=1S/C15H18N2O3/c18-12-6-4-5-11(9-12)17-14(19)10-13(15(17)20)16-7-2-1-3-8-16/h4-6,9-10,18-20H,1-3,7-8H2. The summed E-state index contributed by atoms with van der Waals surface area (Å²) in [6, 6.07) is 8.01. The molecule has 1 aliphatic rings. The van der Waals surface area contributed by atoms with E-state index in [2.05, 4.69) is 4.90 Å². The number of hydrogen-bond acceptors (Lipinski definition) is 4. The molecule has 0 atom stereocenters. The first-order chi connectivity index (χ1) is 9.66. The highest BCUT2D eigenvalue weighted by Gasteiger charge is 2.21. The molecule has 0 spiro atoms. The Morgan fingerprint density at radius 3 is 2.35 bits per heavy atom. The van der Waals surface area contributed by atoms with E-state index in [1.807, 2.05) is 0 Å². The fraction of sp³-hybridized carbons (Fsp3) is 0.333. The van der Waals surface area contributed by atoms with Crippen molar-refractivity contribution in [3.05, 3.63) is 30.3 Å². The minimum atomic E-state index is -0.0336. The lowest BCUT2D eigenvalue weighted by molar-refractivity contribution is 0.401. The number of nitrogens with zero attached hydrogens (tertiary/aromatic N) is 2. The Morgan fingerprint density at radius 1 is 0.900 bits per heavy atom. The number of hydrogen-bond donors (Lipinski definition) is 3. The van der Waals surface area contributed by atoms with Gasteiger partial charge < -0.3 is 20.2 Å². The number of rotatable bonds is 2. The van der Waals surface area contributed by atoms with Gasteiger partial charge in [0.05, 0.1) is 5.69 Å². The molecule has 1 aromatic heterocycles. The molecule has 0 bridgehead atoms. The van der Waals surface area contributed by atoms with Crippen LogP contribution in [0.2, 0.25) is 0 Å². The largest absolute Gasteiger partial charge is 0.508 e. The normalized spacial score (nSPS) is 15.5. The van der Waals surface area contributed by atoms with Gasteiger partial charge in [-0.2, -0.15) is 0 Å². The van der Waals surface area contributed by atoms with Crippen molar-refractivity contribution in [1.82, 2.24) is 4.57 Å². The molecule has 1 aliphatic heterocycles. The monoisotopic (exact) mass is 274 g/mol.